The summed E-state index contributed by atoms with van der Waals surface area (Å²) in [5.41, 5.74) is 0.565. The van der Waals surface area contributed by atoms with Crippen LogP contribution >= 0.6 is 27.5 Å². The van der Waals surface area contributed by atoms with Crippen LogP contribution in [-0.2, 0) is 0 Å². The fourth-order valence-electron chi connectivity index (χ4n) is 1.88. The predicted octanol–water partition coefficient (Wildman–Crippen LogP) is 4.23. The Morgan fingerprint density at radius 3 is 2.55 bits per heavy atom. The molecule has 112 valence electrons. The monoisotopic (exact) mass is 361 g/mol. The van der Waals surface area contributed by atoms with E-state index in [1.807, 2.05) is 0 Å². The summed E-state index contributed by atoms with van der Waals surface area (Å²) in [5, 5.41) is 3.05. The minimum atomic E-state index is -0.0987. The number of carbonyl (C=O) groups excluding carboxylic acids is 1. The van der Waals surface area contributed by atoms with Gasteiger partial charge in [-0.3, -0.25) is 4.79 Å². The first-order chi connectivity index (χ1) is 9.29. The number of nitrogens with one attached hydrogen (secondary N) is 1. The molecule has 0 radical (unpaired) electrons. The van der Waals surface area contributed by atoms with Crippen LogP contribution in [0.3, 0.4) is 0 Å². The Morgan fingerprint density at radius 1 is 1.45 bits per heavy atom. The highest BCUT2D eigenvalue weighted by atomic mass is 79.9. The van der Waals surface area contributed by atoms with Crippen LogP contribution in [-0.4, -0.2) is 24.9 Å². The van der Waals surface area contributed by atoms with Crippen molar-refractivity contribution in [1.29, 1.82) is 0 Å². The number of rotatable bonds is 5. The topological polar surface area (TPSA) is 38.3 Å². The van der Waals surface area contributed by atoms with Crippen LogP contribution in [0.4, 0.5) is 0 Å². The molecule has 0 saturated heterocycles. The van der Waals surface area contributed by atoms with Crippen molar-refractivity contribution in [1.82, 2.24) is 5.32 Å². The highest BCUT2D eigenvalue weighted by molar-refractivity contribution is 9.10. The summed E-state index contributed by atoms with van der Waals surface area (Å²) >= 11 is 9.21. The van der Waals surface area contributed by atoms with E-state index in [2.05, 4.69) is 42.0 Å². The number of hydrogen-bond donors (Lipinski definition) is 1. The molecule has 0 spiro atoms. The first kappa shape index (κ1) is 17.3. The van der Waals surface area contributed by atoms with Gasteiger partial charge in [0.1, 0.15) is 5.75 Å². The van der Waals surface area contributed by atoms with E-state index < -0.39 is 0 Å². The van der Waals surface area contributed by atoms with Crippen LogP contribution in [0.1, 0.15) is 37.6 Å². The van der Waals surface area contributed by atoms with Crippen molar-refractivity contribution in [2.75, 3.05) is 13.0 Å². The molecule has 1 aromatic carbocycles. The number of methoxy groups -OCH3 is 1. The lowest BCUT2D eigenvalue weighted by molar-refractivity contribution is 0.0900. The van der Waals surface area contributed by atoms with E-state index in [1.165, 1.54) is 0 Å². The molecule has 0 fully saturated rings. The number of benzene rings is 1. The summed E-state index contributed by atoms with van der Waals surface area (Å²) in [4.78, 5) is 12.3. The molecule has 0 aliphatic heterocycles. The van der Waals surface area contributed by atoms with Crippen LogP contribution in [0, 0.1) is 5.41 Å². The standard InChI is InChI=1S/C15H21BrClNO2/c1-15(2,3)13(7-8-17)18-14(19)10-5-6-12(20-4)11(16)9-10/h5-6,9,13H,7-8H2,1-4H3,(H,18,19). The van der Waals surface area contributed by atoms with Crippen molar-refractivity contribution >= 4 is 33.4 Å². The molecule has 3 nitrogen and oxygen atoms in total. The fourth-order valence-corrected chi connectivity index (χ4v) is 2.64. The Hall–Kier alpha value is -0.740. The molecule has 0 saturated carbocycles. The maximum absolute atomic E-state index is 12.3. The highest BCUT2D eigenvalue weighted by Gasteiger charge is 2.26. The minimum absolute atomic E-state index is 0.0335. The molecule has 1 unspecified atom stereocenters. The molecule has 20 heavy (non-hydrogen) atoms. The van der Waals surface area contributed by atoms with Gasteiger partial charge in [-0.1, -0.05) is 20.8 Å². The molecular weight excluding hydrogens is 342 g/mol. The maximum atomic E-state index is 12.3. The van der Waals surface area contributed by atoms with Crippen molar-refractivity contribution in [3.8, 4) is 5.75 Å². The first-order valence-electron chi connectivity index (χ1n) is 6.50. The SMILES string of the molecule is COc1ccc(C(=O)NC(CCCl)C(C)(C)C)cc1Br. The summed E-state index contributed by atoms with van der Waals surface area (Å²) in [5.74, 6) is 1.13. The Kier molecular flexibility index (Phi) is 6.34. The van der Waals surface area contributed by atoms with Gasteiger partial charge in [0.2, 0.25) is 0 Å². The molecule has 5 heteroatoms. The molecule has 0 aliphatic carbocycles. The number of carbonyl (C=O) groups is 1. The quantitative estimate of drug-likeness (QED) is 0.796. The molecule has 1 atom stereocenters. The molecule has 1 rings (SSSR count). The lowest BCUT2D eigenvalue weighted by Crippen LogP contribution is -2.44. The molecular formula is C15H21BrClNO2. The average Bonchev–Trinajstić information content (AvgIpc) is 2.36. The van der Waals surface area contributed by atoms with Crippen LogP contribution in [0.25, 0.3) is 0 Å². The molecule has 0 aliphatic rings. The van der Waals surface area contributed by atoms with Crippen LogP contribution < -0.4 is 10.1 Å². The Labute approximate surface area is 134 Å². The first-order valence-corrected chi connectivity index (χ1v) is 7.82. The molecule has 1 aromatic rings. The largest absolute Gasteiger partial charge is 0.496 e. The van der Waals surface area contributed by atoms with Crippen molar-refractivity contribution < 1.29 is 9.53 Å². The van der Waals surface area contributed by atoms with E-state index in [1.54, 1.807) is 25.3 Å². The van der Waals surface area contributed by atoms with E-state index in [0.717, 1.165) is 10.9 Å². The van der Waals surface area contributed by atoms with Crippen LogP contribution in [0.5, 0.6) is 5.75 Å². The second kappa shape index (κ2) is 7.32. The molecule has 1 N–H and O–H groups in total. The fraction of sp³-hybridized carbons (Fsp3) is 0.533. The average molecular weight is 363 g/mol. The molecule has 0 aromatic heterocycles. The van der Waals surface area contributed by atoms with Crippen molar-refractivity contribution in [3.63, 3.8) is 0 Å². The third-order valence-corrected chi connectivity index (χ3v) is 4.00. The van der Waals surface area contributed by atoms with Crippen LogP contribution in [0.15, 0.2) is 22.7 Å². The number of amides is 1. The molecule has 0 bridgehead atoms. The van der Waals surface area contributed by atoms with Crippen molar-refractivity contribution in [3.05, 3.63) is 28.2 Å². The van der Waals surface area contributed by atoms with E-state index >= 15 is 0 Å². The van der Waals surface area contributed by atoms with E-state index in [9.17, 15) is 4.79 Å². The number of halogens is 2. The smallest absolute Gasteiger partial charge is 0.251 e. The van der Waals surface area contributed by atoms with Gasteiger partial charge in [0.25, 0.3) is 5.91 Å². The maximum Gasteiger partial charge on any atom is 0.251 e. The van der Waals surface area contributed by atoms with Gasteiger partial charge in [0.15, 0.2) is 0 Å². The lowest BCUT2D eigenvalue weighted by atomic mass is 9.85. The highest BCUT2D eigenvalue weighted by Crippen LogP contribution is 2.26. The molecule has 0 heterocycles. The van der Waals surface area contributed by atoms with Gasteiger partial charge in [-0.2, -0.15) is 0 Å². The Balaban J connectivity index is 2.86. The van der Waals surface area contributed by atoms with Crippen LogP contribution in [0.2, 0.25) is 0 Å². The second-order valence-corrected chi connectivity index (χ2v) is 6.95. The summed E-state index contributed by atoms with van der Waals surface area (Å²) < 4.78 is 5.92. The van der Waals surface area contributed by atoms with Gasteiger partial charge in [-0.15, -0.1) is 11.6 Å². The van der Waals surface area contributed by atoms with Crippen molar-refractivity contribution in [2.24, 2.45) is 5.41 Å². The van der Waals surface area contributed by atoms with Gasteiger partial charge in [0.05, 0.1) is 11.6 Å². The number of hydrogen-bond acceptors (Lipinski definition) is 2. The summed E-state index contributed by atoms with van der Waals surface area (Å²) in [7, 11) is 1.59. The van der Waals surface area contributed by atoms with Gasteiger partial charge >= 0.3 is 0 Å². The minimum Gasteiger partial charge on any atom is -0.496 e. The third kappa shape index (κ3) is 4.67. The Bertz CT molecular complexity index is 471. The van der Waals surface area contributed by atoms with Gasteiger partial charge in [0, 0.05) is 17.5 Å². The third-order valence-electron chi connectivity index (χ3n) is 3.16. The zero-order chi connectivity index (χ0) is 15.3. The number of ether oxygens (including phenoxy) is 1. The number of alkyl halides is 1. The Morgan fingerprint density at radius 2 is 2.10 bits per heavy atom. The zero-order valence-corrected chi connectivity index (χ0v) is 14.6. The normalized spacial score (nSPS) is 12.9. The van der Waals surface area contributed by atoms with Gasteiger partial charge in [-0.25, -0.2) is 0 Å². The summed E-state index contributed by atoms with van der Waals surface area (Å²) in [6.45, 7) is 6.28. The van der Waals surface area contributed by atoms with Gasteiger partial charge < -0.3 is 10.1 Å². The zero-order valence-electron chi connectivity index (χ0n) is 12.3. The van der Waals surface area contributed by atoms with Gasteiger partial charge in [-0.05, 0) is 46.0 Å². The summed E-state index contributed by atoms with van der Waals surface area (Å²) in [6, 6.07) is 5.31. The van der Waals surface area contributed by atoms with E-state index in [4.69, 9.17) is 16.3 Å². The lowest BCUT2D eigenvalue weighted by Gasteiger charge is -2.31. The van der Waals surface area contributed by atoms with Crippen molar-refractivity contribution in [2.45, 2.75) is 33.2 Å². The van der Waals surface area contributed by atoms with E-state index in [0.29, 0.717) is 17.2 Å². The second-order valence-electron chi connectivity index (χ2n) is 5.72. The summed E-state index contributed by atoms with van der Waals surface area (Å²) in [6.07, 6.45) is 0.744. The van der Waals surface area contributed by atoms with E-state index in [-0.39, 0.29) is 17.4 Å². The molecule has 1 amide bonds. The predicted molar refractivity (Wildman–Crippen MR) is 86.7 cm³/mol.